The molecule has 1 N–H and O–H groups in total. The molecule has 1 aromatic carbocycles. The van der Waals surface area contributed by atoms with Crippen molar-refractivity contribution >= 4 is 18.2 Å². The number of rotatable bonds is 5. The summed E-state index contributed by atoms with van der Waals surface area (Å²) in [5.74, 6) is 1.81. The monoisotopic (exact) mass is 297 g/mol. The van der Waals surface area contributed by atoms with Crippen LogP contribution in [-0.4, -0.2) is 25.5 Å². The minimum atomic E-state index is 0. The summed E-state index contributed by atoms with van der Waals surface area (Å²) in [6, 6.07) is 7.58. The third-order valence-electron chi connectivity index (χ3n) is 3.43. The Kier molecular flexibility index (Phi) is 7.03. The van der Waals surface area contributed by atoms with E-state index < -0.39 is 0 Å². The highest BCUT2D eigenvalue weighted by Crippen LogP contribution is 2.20. The zero-order chi connectivity index (χ0) is 13.7. The number of hydrogen-bond acceptors (Lipinski definition) is 3. The number of carbonyl (C=O) groups is 1. The molecule has 1 fully saturated rings. The van der Waals surface area contributed by atoms with Crippen LogP contribution in [0.5, 0.6) is 5.75 Å². The molecule has 4 heteroatoms. The second-order valence-corrected chi connectivity index (χ2v) is 5.62. The van der Waals surface area contributed by atoms with Crippen LogP contribution in [0.3, 0.4) is 0 Å². The van der Waals surface area contributed by atoms with Crippen LogP contribution in [-0.2, 0) is 0 Å². The molecular weight excluding hydrogens is 274 g/mol. The van der Waals surface area contributed by atoms with Gasteiger partial charge in [-0.3, -0.25) is 4.79 Å². The van der Waals surface area contributed by atoms with Crippen LogP contribution in [0.25, 0.3) is 0 Å². The van der Waals surface area contributed by atoms with Crippen LogP contribution in [0.15, 0.2) is 24.3 Å². The first-order valence-electron chi connectivity index (χ1n) is 7.14. The van der Waals surface area contributed by atoms with Gasteiger partial charge in [-0.25, -0.2) is 0 Å². The molecule has 1 aliphatic heterocycles. The molecule has 0 bridgehead atoms. The normalized spacial score (nSPS) is 15.8. The lowest BCUT2D eigenvalue weighted by Crippen LogP contribution is -2.31. The van der Waals surface area contributed by atoms with Crippen molar-refractivity contribution in [2.75, 3.05) is 19.7 Å². The number of hydrogen-bond donors (Lipinski definition) is 1. The fourth-order valence-electron chi connectivity index (χ4n) is 2.30. The summed E-state index contributed by atoms with van der Waals surface area (Å²) < 4.78 is 5.63. The van der Waals surface area contributed by atoms with Gasteiger partial charge < -0.3 is 10.1 Å². The maximum Gasteiger partial charge on any atom is 0.166 e. The Morgan fingerprint density at radius 2 is 1.85 bits per heavy atom. The fraction of sp³-hybridized carbons (Fsp3) is 0.562. The van der Waals surface area contributed by atoms with E-state index in [0.717, 1.165) is 37.2 Å². The molecule has 0 saturated carbocycles. The van der Waals surface area contributed by atoms with Crippen LogP contribution in [0.4, 0.5) is 0 Å². The minimum Gasteiger partial charge on any atom is -0.493 e. The Labute approximate surface area is 127 Å². The third-order valence-corrected chi connectivity index (χ3v) is 3.43. The molecule has 1 aliphatic rings. The zero-order valence-corrected chi connectivity index (χ0v) is 13.0. The van der Waals surface area contributed by atoms with Gasteiger partial charge in [-0.2, -0.15) is 0 Å². The summed E-state index contributed by atoms with van der Waals surface area (Å²) >= 11 is 0. The van der Waals surface area contributed by atoms with E-state index >= 15 is 0 Å². The van der Waals surface area contributed by atoms with Crippen molar-refractivity contribution < 1.29 is 9.53 Å². The number of nitrogens with one attached hydrogen (secondary N) is 1. The van der Waals surface area contributed by atoms with Gasteiger partial charge in [0.1, 0.15) is 5.75 Å². The van der Waals surface area contributed by atoms with Crippen LogP contribution in [0, 0.1) is 11.8 Å². The summed E-state index contributed by atoms with van der Waals surface area (Å²) in [6.45, 7) is 6.85. The molecule has 3 nitrogen and oxygen atoms in total. The minimum absolute atomic E-state index is 0. The number of piperidine rings is 1. The number of ketones is 1. The Bertz CT molecular complexity index is 411. The smallest absolute Gasteiger partial charge is 0.166 e. The first kappa shape index (κ1) is 17.0. The topological polar surface area (TPSA) is 38.3 Å². The number of halogens is 1. The van der Waals surface area contributed by atoms with E-state index in [0.29, 0.717) is 12.5 Å². The van der Waals surface area contributed by atoms with Gasteiger partial charge in [0.05, 0.1) is 6.61 Å². The highest BCUT2D eigenvalue weighted by Gasteiger charge is 2.21. The molecule has 2 rings (SSSR count). The molecule has 1 saturated heterocycles. The Balaban J connectivity index is 0.00000200. The molecule has 1 aromatic rings. The fourth-order valence-corrected chi connectivity index (χ4v) is 2.30. The van der Waals surface area contributed by atoms with E-state index in [1.54, 1.807) is 0 Å². The van der Waals surface area contributed by atoms with Crippen molar-refractivity contribution in [2.45, 2.75) is 26.7 Å². The predicted molar refractivity (Wildman–Crippen MR) is 83.9 cm³/mol. The van der Waals surface area contributed by atoms with Gasteiger partial charge >= 0.3 is 0 Å². The molecule has 0 unspecified atom stereocenters. The Morgan fingerprint density at radius 1 is 1.25 bits per heavy atom. The van der Waals surface area contributed by atoms with Gasteiger partial charge in [-0.15, -0.1) is 12.4 Å². The molecule has 0 amide bonds. The second kappa shape index (κ2) is 8.28. The third kappa shape index (κ3) is 4.80. The molecule has 0 aliphatic carbocycles. The first-order chi connectivity index (χ1) is 9.16. The molecule has 1 heterocycles. The lowest BCUT2D eigenvalue weighted by Gasteiger charge is -2.21. The standard InChI is InChI=1S/C16H23NO2.ClH/c1-12(2)11-19-15-5-3-13(4-6-15)16(18)14-7-9-17-10-8-14;/h3-6,12,14,17H,7-11H2,1-2H3;1H. The van der Waals surface area contributed by atoms with Crippen molar-refractivity contribution in [1.29, 1.82) is 0 Å². The molecule has 0 atom stereocenters. The Morgan fingerprint density at radius 3 is 2.40 bits per heavy atom. The SMILES string of the molecule is CC(C)COc1ccc(C(=O)C2CCNCC2)cc1.Cl. The van der Waals surface area contributed by atoms with Gasteiger partial charge in [0.2, 0.25) is 0 Å². The predicted octanol–water partition coefficient (Wildman–Crippen LogP) is 3.33. The summed E-state index contributed by atoms with van der Waals surface area (Å²) in [7, 11) is 0. The van der Waals surface area contributed by atoms with Gasteiger partial charge in [0, 0.05) is 11.5 Å². The number of carbonyl (C=O) groups excluding carboxylic acids is 1. The van der Waals surface area contributed by atoms with Crippen LogP contribution >= 0.6 is 12.4 Å². The van der Waals surface area contributed by atoms with Crippen LogP contribution < -0.4 is 10.1 Å². The van der Waals surface area contributed by atoms with Crippen molar-refractivity contribution in [3.8, 4) is 5.75 Å². The van der Waals surface area contributed by atoms with Crippen LogP contribution in [0.2, 0.25) is 0 Å². The summed E-state index contributed by atoms with van der Waals surface area (Å²) in [4.78, 5) is 12.3. The summed E-state index contributed by atoms with van der Waals surface area (Å²) in [5.41, 5.74) is 0.809. The first-order valence-corrected chi connectivity index (χ1v) is 7.14. The van der Waals surface area contributed by atoms with E-state index in [9.17, 15) is 4.79 Å². The van der Waals surface area contributed by atoms with Crippen molar-refractivity contribution in [3.63, 3.8) is 0 Å². The second-order valence-electron chi connectivity index (χ2n) is 5.62. The van der Waals surface area contributed by atoms with Gasteiger partial charge in [0.15, 0.2) is 5.78 Å². The molecule has 20 heavy (non-hydrogen) atoms. The number of ether oxygens (including phenoxy) is 1. The average Bonchev–Trinajstić information content (AvgIpc) is 2.46. The maximum absolute atomic E-state index is 12.3. The molecule has 112 valence electrons. The zero-order valence-electron chi connectivity index (χ0n) is 12.2. The highest BCUT2D eigenvalue weighted by molar-refractivity contribution is 5.98. The van der Waals surface area contributed by atoms with E-state index in [4.69, 9.17) is 4.74 Å². The molecule has 0 radical (unpaired) electrons. The molecule has 0 spiro atoms. The largest absolute Gasteiger partial charge is 0.493 e. The number of benzene rings is 1. The lowest BCUT2D eigenvalue weighted by molar-refractivity contribution is 0.0895. The average molecular weight is 298 g/mol. The highest BCUT2D eigenvalue weighted by atomic mass is 35.5. The quantitative estimate of drug-likeness (QED) is 0.847. The summed E-state index contributed by atoms with van der Waals surface area (Å²) in [5, 5.41) is 3.29. The van der Waals surface area contributed by atoms with E-state index in [-0.39, 0.29) is 24.1 Å². The molecule has 0 aromatic heterocycles. The van der Waals surface area contributed by atoms with E-state index in [2.05, 4.69) is 19.2 Å². The van der Waals surface area contributed by atoms with Crippen molar-refractivity contribution in [3.05, 3.63) is 29.8 Å². The summed E-state index contributed by atoms with van der Waals surface area (Å²) in [6.07, 6.45) is 1.90. The van der Waals surface area contributed by atoms with E-state index in [1.165, 1.54) is 0 Å². The number of Topliss-reactive ketones (excluding diaryl/α,β-unsaturated/α-hetero) is 1. The molecular formula is C16H24ClNO2. The van der Waals surface area contributed by atoms with E-state index in [1.807, 2.05) is 24.3 Å². The van der Waals surface area contributed by atoms with Gasteiger partial charge in [-0.05, 0) is 56.1 Å². The van der Waals surface area contributed by atoms with Crippen molar-refractivity contribution in [1.82, 2.24) is 5.32 Å². The lowest BCUT2D eigenvalue weighted by atomic mass is 9.90. The van der Waals surface area contributed by atoms with Crippen molar-refractivity contribution in [2.24, 2.45) is 11.8 Å². The maximum atomic E-state index is 12.3. The van der Waals surface area contributed by atoms with Gasteiger partial charge in [0.25, 0.3) is 0 Å². The van der Waals surface area contributed by atoms with Crippen LogP contribution in [0.1, 0.15) is 37.0 Å². The Hall–Kier alpha value is -1.06. The van der Waals surface area contributed by atoms with Gasteiger partial charge in [-0.1, -0.05) is 13.8 Å².